The quantitative estimate of drug-likeness (QED) is 0.578. The summed E-state index contributed by atoms with van der Waals surface area (Å²) in [5.41, 5.74) is 8.85. The molecule has 0 radical (unpaired) electrons. The predicted molar refractivity (Wildman–Crippen MR) is 91.5 cm³/mol. The Morgan fingerprint density at radius 3 is 2.85 bits per heavy atom. The van der Waals surface area contributed by atoms with Crippen LogP contribution in [0.25, 0.3) is 10.2 Å². The molecule has 0 aliphatic rings. The lowest BCUT2D eigenvalue weighted by Gasteiger charge is -2.02. The van der Waals surface area contributed by atoms with E-state index in [0.29, 0.717) is 4.99 Å². The van der Waals surface area contributed by atoms with Crippen LogP contribution in [0.2, 0.25) is 0 Å². The van der Waals surface area contributed by atoms with Crippen molar-refractivity contribution in [3.05, 3.63) is 59.7 Å². The fourth-order valence-electron chi connectivity index (χ4n) is 1.87. The summed E-state index contributed by atoms with van der Waals surface area (Å²) in [7, 11) is 0. The van der Waals surface area contributed by atoms with Crippen molar-refractivity contribution in [1.82, 2.24) is 4.98 Å². The van der Waals surface area contributed by atoms with Crippen LogP contribution in [0.5, 0.6) is 0 Å². The molecular formula is C15H12N2S3. The number of benzene rings is 2. The van der Waals surface area contributed by atoms with Gasteiger partial charge < -0.3 is 5.73 Å². The highest BCUT2D eigenvalue weighted by Crippen LogP contribution is 2.31. The number of hydrogen-bond acceptors (Lipinski definition) is 4. The molecule has 0 bridgehead atoms. The molecule has 3 aromatic rings. The van der Waals surface area contributed by atoms with Crippen LogP contribution in [0.15, 0.2) is 52.9 Å². The number of hydrogen-bond donors (Lipinski definition) is 1. The maximum atomic E-state index is 5.66. The molecule has 2 nitrogen and oxygen atoms in total. The third kappa shape index (κ3) is 3.00. The lowest BCUT2D eigenvalue weighted by atomic mass is 10.1. The van der Waals surface area contributed by atoms with Gasteiger partial charge in [0, 0.05) is 11.3 Å². The standard InChI is InChI=1S/C15H12N2S3/c16-14(18)11-5-3-4-10(8-11)9-19-15-17-12-6-1-2-7-13(12)20-15/h1-8H,9H2,(H2,16,18). The van der Waals surface area contributed by atoms with Crippen molar-refractivity contribution >= 4 is 50.5 Å². The van der Waals surface area contributed by atoms with Crippen LogP contribution in [0.1, 0.15) is 11.1 Å². The molecule has 100 valence electrons. The van der Waals surface area contributed by atoms with Gasteiger partial charge in [-0.2, -0.15) is 0 Å². The van der Waals surface area contributed by atoms with Gasteiger partial charge in [-0.3, -0.25) is 0 Å². The summed E-state index contributed by atoms with van der Waals surface area (Å²) in [5, 5.41) is 0. The molecule has 2 N–H and O–H groups in total. The third-order valence-corrected chi connectivity index (χ3v) is 5.33. The van der Waals surface area contributed by atoms with Gasteiger partial charge in [-0.25, -0.2) is 4.98 Å². The molecule has 5 heteroatoms. The van der Waals surface area contributed by atoms with E-state index in [9.17, 15) is 0 Å². The van der Waals surface area contributed by atoms with Crippen LogP contribution < -0.4 is 5.73 Å². The van der Waals surface area contributed by atoms with E-state index in [0.717, 1.165) is 21.2 Å². The molecule has 1 aromatic heterocycles. The van der Waals surface area contributed by atoms with Crippen LogP contribution >= 0.6 is 35.3 Å². The Balaban J connectivity index is 1.75. The number of thiazole rings is 1. The zero-order valence-corrected chi connectivity index (χ0v) is 13.0. The number of rotatable bonds is 4. The lowest BCUT2D eigenvalue weighted by molar-refractivity contribution is 1.29. The van der Waals surface area contributed by atoms with E-state index in [1.807, 2.05) is 36.4 Å². The Morgan fingerprint density at radius 2 is 2.05 bits per heavy atom. The Bertz CT molecular complexity index is 731. The van der Waals surface area contributed by atoms with Crippen molar-refractivity contribution in [2.24, 2.45) is 5.73 Å². The van der Waals surface area contributed by atoms with E-state index in [-0.39, 0.29) is 0 Å². The molecule has 0 saturated heterocycles. The van der Waals surface area contributed by atoms with Gasteiger partial charge in [0.2, 0.25) is 0 Å². The maximum absolute atomic E-state index is 5.66. The summed E-state index contributed by atoms with van der Waals surface area (Å²) in [5.74, 6) is 0.871. The molecule has 0 spiro atoms. The molecule has 0 aliphatic carbocycles. The van der Waals surface area contributed by atoms with Gasteiger partial charge >= 0.3 is 0 Å². The topological polar surface area (TPSA) is 38.9 Å². The number of thioether (sulfide) groups is 1. The summed E-state index contributed by atoms with van der Waals surface area (Å²) >= 11 is 8.47. The van der Waals surface area contributed by atoms with Crippen molar-refractivity contribution in [3.63, 3.8) is 0 Å². The van der Waals surface area contributed by atoms with Crippen molar-refractivity contribution in [1.29, 1.82) is 0 Å². The van der Waals surface area contributed by atoms with Crippen LogP contribution in [0.4, 0.5) is 0 Å². The summed E-state index contributed by atoms with van der Waals surface area (Å²) in [6.45, 7) is 0. The van der Waals surface area contributed by atoms with Crippen LogP contribution in [-0.2, 0) is 5.75 Å². The van der Waals surface area contributed by atoms with Gasteiger partial charge in [0.25, 0.3) is 0 Å². The first-order chi connectivity index (χ1) is 9.72. The molecule has 1 heterocycles. The number of thiocarbonyl (C=S) groups is 1. The molecule has 0 amide bonds. The maximum Gasteiger partial charge on any atom is 0.151 e. The molecule has 0 atom stereocenters. The average Bonchev–Trinajstić information content (AvgIpc) is 2.88. The van der Waals surface area contributed by atoms with Crippen molar-refractivity contribution < 1.29 is 0 Å². The van der Waals surface area contributed by atoms with Gasteiger partial charge in [0.15, 0.2) is 4.34 Å². The van der Waals surface area contributed by atoms with Gasteiger partial charge in [-0.15, -0.1) is 11.3 Å². The fourth-order valence-corrected chi connectivity index (χ4v) is 4.01. The zero-order chi connectivity index (χ0) is 13.9. The first-order valence-electron chi connectivity index (χ1n) is 6.09. The monoisotopic (exact) mass is 316 g/mol. The first kappa shape index (κ1) is 13.5. The minimum Gasteiger partial charge on any atom is -0.389 e. The number of fused-ring (bicyclic) bond motifs is 1. The molecule has 0 fully saturated rings. The summed E-state index contributed by atoms with van der Waals surface area (Å²) < 4.78 is 2.32. The van der Waals surface area contributed by atoms with Gasteiger partial charge in [0.05, 0.1) is 10.2 Å². The van der Waals surface area contributed by atoms with E-state index in [1.165, 1.54) is 10.3 Å². The predicted octanol–water partition coefficient (Wildman–Crippen LogP) is 4.22. The molecule has 0 saturated carbocycles. The van der Waals surface area contributed by atoms with E-state index in [1.54, 1.807) is 23.1 Å². The Morgan fingerprint density at radius 1 is 1.20 bits per heavy atom. The van der Waals surface area contributed by atoms with E-state index < -0.39 is 0 Å². The van der Waals surface area contributed by atoms with Crippen LogP contribution in [0.3, 0.4) is 0 Å². The normalized spacial score (nSPS) is 10.8. The number of nitrogens with zero attached hydrogens (tertiary/aromatic N) is 1. The molecule has 3 rings (SSSR count). The number of nitrogens with two attached hydrogens (primary N) is 1. The highest BCUT2D eigenvalue weighted by Gasteiger charge is 2.05. The molecule has 20 heavy (non-hydrogen) atoms. The van der Waals surface area contributed by atoms with Crippen LogP contribution in [-0.4, -0.2) is 9.97 Å². The van der Waals surface area contributed by atoms with Crippen molar-refractivity contribution in [2.75, 3.05) is 0 Å². The SMILES string of the molecule is NC(=S)c1cccc(CSc2nc3ccccc3s2)c1. The summed E-state index contributed by atoms with van der Waals surface area (Å²) in [4.78, 5) is 5.06. The highest BCUT2D eigenvalue weighted by atomic mass is 32.2. The van der Waals surface area contributed by atoms with E-state index >= 15 is 0 Å². The zero-order valence-electron chi connectivity index (χ0n) is 10.6. The van der Waals surface area contributed by atoms with Crippen molar-refractivity contribution in [2.45, 2.75) is 10.1 Å². The largest absolute Gasteiger partial charge is 0.389 e. The third-order valence-electron chi connectivity index (χ3n) is 2.85. The fraction of sp³-hybridized carbons (Fsp3) is 0.0667. The minimum absolute atomic E-state index is 0.442. The second-order valence-corrected chi connectivity index (χ2v) is 6.99. The molecule has 0 aliphatic heterocycles. The molecule has 2 aromatic carbocycles. The lowest BCUT2D eigenvalue weighted by Crippen LogP contribution is -2.09. The highest BCUT2D eigenvalue weighted by molar-refractivity contribution is 8.00. The molecule has 0 unspecified atom stereocenters. The number of para-hydroxylation sites is 1. The van der Waals surface area contributed by atoms with Crippen LogP contribution in [0, 0.1) is 0 Å². The van der Waals surface area contributed by atoms with Gasteiger partial charge in [-0.05, 0) is 23.8 Å². The summed E-state index contributed by atoms with van der Waals surface area (Å²) in [6, 6.07) is 16.3. The van der Waals surface area contributed by atoms with E-state index in [4.69, 9.17) is 18.0 Å². The van der Waals surface area contributed by atoms with Gasteiger partial charge in [-0.1, -0.05) is 54.3 Å². The van der Waals surface area contributed by atoms with Crippen molar-refractivity contribution in [3.8, 4) is 0 Å². The second-order valence-electron chi connectivity index (χ2n) is 4.30. The Hall–Kier alpha value is -1.43. The van der Waals surface area contributed by atoms with Gasteiger partial charge in [0.1, 0.15) is 4.99 Å². The average molecular weight is 316 g/mol. The molecular weight excluding hydrogens is 304 g/mol. The Labute approximate surface area is 131 Å². The second kappa shape index (κ2) is 5.91. The first-order valence-corrected chi connectivity index (χ1v) is 8.30. The number of aromatic nitrogens is 1. The Kier molecular flexibility index (Phi) is 4.00. The van der Waals surface area contributed by atoms with E-state index in [2.05, 4.69) is 17.1 Å². The summed E-state index contributed by atoms with van der Waals surface area (Å²) in [6.07, 6.45) is 0. The minimum atomic E-state index is 0.442. The smallest absolute Gasteiger partial charge is 0.151 e.